The monoisotopic (exact) mass is 489 g/mol. The Bertz CT molecular complexity index is 851. The fourth-order valence-electron chi connectivity index (χ4n) is 4.41. The Labute approximate surface area is 208 Å². The maximum Gasteiger partial charge on any atom is 0.168 e. The van der Waals surface area contributed by atoms with E-state index in [4.69, 9.17) is 19.3 Å². The van der Waals surface area contributed by atoms with Gasteiger partial charge in [-0.1, -0.05) is 18.2 Å². The van der Waals surface area contributed by atoms with Crippen molar-refractivity contribution in [1.82, 2.24) is 9.80 Å². The van der Waals surface area contributed by atoms with Crippen LogP contribution in [0.15, 0.2) is 40.6 Å². The largest absolute Gasteiger partial charge is 0.511 e. The molecule has 1 fully saturated rings. The van der Waals surface area contributed by atoms with E-state index in [1.807, 2.05) is 24.3 Å². The number of rotatable bonds is 14. The molecule has 0 saturated carbocycles. The molecule has 35 heavy (non-hydrogen) atoms. The van der Waals surface area contributed by atoms with Crippen molar-refractivity contribution in [2.24, 2.45) is 4.99 Å². The van der Waals surface area contributed by atoms with Crippen molar-refractivity contribution >= 4 is 12.0 Å². The van der Waals surface area contributed by atoms with Crippen LogP contribution < -0.4 is 4.74 Å². The van der Waals surface area contributed by atoms with Crippen LogP contribution in [0.4, 0.5) is 0 Å². The molecule has 9 heteroatoms. The van der Waals surface area contributed by atoms with Gasteiger partial charge in [0.05, 0.1) is 38.5 Å². The average Bonchev–Trinajstić information content (AvgIpc) is 2.86. The van der Waals surface area contributed by atoms with Gasteiger partial charge in [-0.05, 0) is 11.6 Å². The summed E-state index contributed by atoms with van der Waals surface area (Å²) in [6.45, 7) is 8.01. The van der Waals surface area contributed by atoms with Crippen LogP contribution in [0.2, 0.25) is 0 Å². The number of β-amino-alcohol motifs (C(OH)–C–C–N with tert-alkyl or cyclic N) is 1. The van der Waals surface area contributed by atoms with Crippen LogP contribution in [0.3, 0.4) is 0 Å². The summed E-state index contributed by atoms with van der Waals surface area (Å²) in [5, 5.41) is 19.7. The number of carbonyl (C=O) groups is 1. The summed E-state index contributed by atoms with van der Waals surface area (Å²) in [6.07, 6.45) is 2.23. The first kappa shape index (κ1) is 27.3. The van der Waals surface area contributed by atoms with Gasteiger partial charge in [0.1, 0.15) is 18.1 Å². The molecule has 0 aromatic heterocycles. The summed E-state index contributed by atoms with van der Waals surface area (Å²) in [7, 11) is 1.63. The van der Waals surface area contributed by atoms with Gasteiger partial charge in [-0.25, -0.2) is 0 Å². The number of ether oxygens (including phenoxy) is 3. The number of aliphatic hydroxyl groups excluding tert-OH is 2. The number of methoxy groups -OCH3 is 1. The van der Waals surface area contributed by atoms with E-state index in [0.717, 1.165) is 44.8 Å². The molecule has 2 N–H and O–H groups in total. The fourth-order valence-corrected chi connectivity index (χ4v) is 4.41. The highest BCUT2D eigenvalue weighted by Gasteiger charge is 2.29. The maximum atomic E-state index is 12.8. The number of aliphatic imine (C=N–C) groups is 1. The molecule has 1 atom stereocenters. The van der Waals surface area contributed by atoms with Crippen LogP contribution in [0.5, 0.6) is 5.75 Å². The highest BCUT2D eigenvalue weighted by atomic mass is 16.5. The molecule has 1 aromatic rings. The van der Waals surface area contributed by atoms with Crippen molar-refractivity contribution in [3.8, 4) is 5.75 Å². The number of carbonyl (C=O) groups excluding carboxylic acids is 1. The summed E-state index contributed by atoms with van der Waals surface area (Å²) in [6, 6.07) is 7.65. The Kier molecular flexibility index (Phi) is 11.7. The number of hydrogen-bond acceptors (Lipinski definition) is 9. The van der Waals surface area contributed by atoms with Gasteiger partial charge >= 0.3 is 0 Å². The maximum absolute atomic E-state index is 12.8. The van der Waals surface area contributed by atoms with Gasteiger partial charge in [0.2, 0.25) is 0 Å². The second kappa shape index (κ2) is 15.0. The van der Waals surface area contributed by atoms with Gasteiger partial charge in [-0.3, -0.25) is 19.6 Å². The van der Waals surface area contributed by atoms with Crippen LogP contribution in [-0.2, 0) is 14.3 Å². The van der Waals surface area contributed by atoms with Crippen LogP contribution >= 0.6 is 0 Å². The Morgan fingerprint density at radius 3 is 2.46 bits per heavy atom. The van der Waals surface area contributed by atoms with Crippen LogP contribution in [0.1, 0.15) is 24.3 Å². The number of ketones is 1. The standard InChI is InChI=1S/C26H39N3O6/c1-33-14-15-34-16-17-35-26-5-3-2-4-22(26)21-18-24(31)23(25(32)19-21)20-27-6-7-28-8-10-29(11-9-28)12-13-30/h2-5,20-21,30-31H,6-19H2,1H3. The Morgan fingerprint density at radius 1 is 1.03 bits per heavy atom. The number of benzene rings is 1. The molecule has 0 radical (unpaired) electrons. The molecule has 1 aliphatic carbocycles. The Balaban J connectivity index is 1.49. The van der Waals surface area contributed by atoms with E-state index in [-0.39, 0.29) is 24.1 Å². The van der Waals surface area contributed by atoms with E-state index >= 15 is 0 Å². The van der Waals surface area contributed by atoms with Crippen molar-refractivity contribution < 1.29 is 29.2 Å². The van der Waals surface area contributed by atoms with Crippen molar-refractivity contribution in [1.29, 1.82) is 0 Å². The van der Waals surface area contributed by atoms with Gasteiger partial charge in [0.25, 0.3) is 0 Å². The number of allylic oxidation sites excluding steroid dienone is 2. The quantitative estimate of drug-likeness (QED) is 0.300. The minimum atomic E-state index is -0.138. The topological polar surface area (TPSA) is 104 Å². The molecule has 3 rings (SSSR count). The summed E-state index contributed by atoms with van der Waals surface area (Å²) < 4.78 is 16.3. The van der Waals surface area contributed by atoms with E-state index in [2.05, 4.69) is 14.8 Å². The molecule has 194 valence electrons. The lowest BCUT2D eigenvalue weighted by atomic mass is 9.82. The smallest absolute Gasteiger partial charge is 0.168 e. The second-order valence-electron chi connectivity index (χ2n) is 8.82. The highest BCUT2D eigenvalue weighted by Crippen LogP contribution is 2.37. The van der Waals surface area contributed by atoms with Gasteiger partial charge in [-0.15, -0.1) is 0 Å². The Hall–Kier alpha value is -2.30. The van der Waals surface area contributed by atoms with Crippen molar-refractivity contribution in [2.45, 2.75) is 18.8 Å². The number of aliphatic hydroxyl groups is 2. The van der Waals surface area contributed by atoms with Crippen LogP contribution in [0, 0.1) is 0 Å². The molecule has 1 saturated heterocycles. The molecule has 2 aliphatic rings. The number of Topliss-reactive ketones (excluding diaryl/α,β-unsaturated/α-hetero) is 1. The van der Waals surface area contributed by atoms with Gasteiger partial charge in [-0.2, -0.15) is 0 Å². The molecule has 1 heterocycles. The molecule has 1 aromatic carbocycles. The van der Waals surface area contributed by atoms with E-state index < -0.39 is 0 Å². The number of hydrogen-bond donors (Lipinski definition) is 2. The first-order chi connectivity index (χ1) is 17.1. The fraction of sp³-hybridized carbons (Fsp3) is 0.615. The van der Waals surface area contributed by atoms with Crippen molar-refractivity contribution in [3.05, 3.63) is 41.2 Å². The lowest BCUT2D eigenvalue weighted by Crippen LogP contribution is -2.47. The Morgan fingerprint density at radius 2 is 1.74 bits per heavy atom. The van der Waals surface area contributed by atoms with E-state index in [1.165, 1.54) is 6.21 Å². The summed E-state index contributed by atoms with van der Waals surface area (Å²) in [5.74, 6) is 0.563. The van der Waals surface area contributed by atoms with Gasteiger partial charge in [0, 0.05) is 71.4 Å². The highest BCUT2D eigenvalue weighted by molar-refractivity contribution is 6.14. The third-order valence-electron chi connectivity index (χ3n) is 6.41. The van der Waals surface area contributed by atoms with Crippen LogP contribution in [0.25, 0.3) is 0 Å². The molecule has 0 amide bonds. The number of piperazine rings is 1. The molecule has 0 spiro atoms. The summed E-state index contributed by atoms with van der Waals surface area (Å²) in [4.78, 5) is 21.8. The zero-order valence-electron chi connectivity index (χ0n) is 20.7. The third kappa shape index (κ3) is 8.70. The minimum Gasteiger partial charge on any atom is -0.511 e. The summed E-state index contributed by atoms with van der Waals surface area (Å²) >= 11 is 0. The average molecular weight is 490 g/mol. The van der Waals surface area contributed by atoms with Crippen molar-refractivity contribution in [2.75, 3.05) is 86.0 Å². The SMILES string of the molecule is COCCOCCOc1ccccc1C1CC(=O)C(C=NCCN2CCN(CCO)CC2)=C(O)C1. The molecule has 1 unspecified atom stereocenters. The molecule has 0 bridgehead atoms. The zero-order chi connectivity index (χ0) is 24.9. The molecular formula is C26H39N3O6. The third-order valence-corrected chi connectivity index (χ3v) is 6.41. The predicted molar refractivity (Wildman–Crippen MR) is 135 cm³/mol. The van der Waals surface area contributed by atoms with Gasteiger partial charge < -0.3 is 24.4 Å². The van der Waals surface area contributed by atoms with E-state index in [9.17, 15) is 9.90 Å². The first-order valence-corrected chi connectivity index (χ1v) is 12.4. The van der Waals surface area contributed by atoms with Crippen LogP contribution in [-0.4, -0.2) is 118 Å². The summed E-state index contributed by atoms with van der Waals surface area (Å²) in [5.41, 5.74) is 1.24. The first-order valence-electron chi connectivity index (χ1n) is 12.4. The molecule has 9 nitrogen and oxygen atoms in total. The number of para-hydroxylation sites is 1. The van der Waals surface area contributed by atoms with Gasteiger partial charge in [0.15, 0.2) is 5.78 Å². The lowest BCUT2D eigenvalue weighted by Gasteiger charge is -2.33. The minimum absolute atomic E-state index is 0.0883. The van der Waals surface area contributed by atoms with Crippen molar-refractivity contribution in [3.63, 3.8) is 0 Å². The normalized spacial score (nSPS) is 20.2. The molecule has 1 aliphatic heterocycles. The second-order valence-corrected chi connectivity index (χ2v) is 8.82. The predicted octanol–water partition coefficient (Wildman–Crippen LogP) is 1.67. The van der Waals surface area contributed by atoms with E-state index in [1.54, 1.807) is 7.11 Å². The molecular weight excluding hydrogens is 450 g/mol. The zero-order valence-corrected chi connectivity index (χ0v) is 20.7. The lowest BCUT2D eigenvalue weighted by molar-refractivity contribution is -0.116. The number of nitrogens with zero attached hydrogens (tertiary/aromatic N) is 3. The van der Waals surface area contributed by atoms with E-state index in [0.29, 0.717) is 57.1 Å².